The maximum Gasteiger partial charge on any atom is 0.407 e. The largest absolute Gasteiger partial charge is 0.481 e. The Labute approximate surface area is 206 Å². The van der Waals surface area contributed by atoms with Gasteiger partial charge in [0.1, 0.15) is 6.61 Å². The Balaban J connectivity index is 1.39. The van der Waals surface area contributed by atoms with Crippen LogP contribution in [0.1, 0.15) is 68.9 Å². The predicted octanol–water partition coefficient (Wildman–Crippen LogP) is 4.84. The van der Waals surface area contributed by atoms with Gasteiger partial charge >= 0.3 is 12.1 Å². The number of fused-ring (bicyclic) bond motifs is 3. The molecule has 3 N–H and O–H groups in total. The molecule has 1 fully saturated rings. The molecule has 0 aromatic heterocycles. The minimum Gasteiger partial charge on any atom is -0.481 e. The number of carbonyl (C=O) groups is 3. The molecule has 0 heterocycles. The van der Waals surface area contributed by atoms with E-state index in [-0.39, 0.29) is 43.2 Å². The second-order valence-electron chi connectivity index (χ2n) is 9.75. The minimum absolute atomic E-state index is 0.0264. The summed E-state index contributed by atoms with van der Waals surface area (Å²) >= 11 is 0. The van der Waals surface area contributed by atoms with Gasteiger partial charge in [0.25, 0.3) is 0 Å². The summed E-state index contributed by atoms with van der Waals surface area (Å²) in [5.74, 6) is -1.04. The number of rotatable bonds is 9. The zero-order chi connectivity index (χ0) is 24.8. The average Bonchev–Trinajstić information content (AvgIpc) is 3.16. The molecule has 0 radical (unpaired) electrons. The van der Waals surface area contributed by atoms with Crippen LogP contribution in [-0.4, -0.2) is 41.8 Å². The molecule has 0 saturated heterocycles. The molecule has 2 amide bonds. The van der Waals surface area contributed by atoms with Crippen molar-refractivity contribution in [3.63, 3.8) is 0 Å². The summed E-state index contributed by atoms with van der Waals surface area (Å²) in [7, 11) is 0. The molecule has 2 aromatic carbocycles. The van der Waals surface area contributed by atoms with Crippen LogP contribution >= 0.6 is 0 Å². The van der Waals surface area contributed by atoms with Crippen LogP contribution in [0.25, 0.3) is 11.1 Å². The summed E-state index contributed by atoms with van der Waals surface area (Å²) in [6.07, 6.45) is 4.66. The summed E-state index contributed by atoms with van der Waals surface area (Å²) in [5.41, 5.74) is 4.64. The maximum atomic E-state index is 12.9. The Kier molecular flexibility index (Phi) is 8.06. The van der Waals surface area contributed by atoms with Crippen LogP contribution < -0.4 is 10.6 Å². The molecule has 186 valence electrons. The fourth-order valence-electron chi connectivity index (χ4n) is 5.51. The van der Waals surface area contributed by atoms with E-state index in [2.05, 4.69) is 34.9 Å². The third-order valence-corrected chi connectivity index (χ3v) is 7.16. The summed E-state index contributed by atoms with van der Waals surface area (Å²) in [5, 5.41) is 14.7. The van der Waals surface area contributed by atoms with Crippen LogP contribution in [0, 0.1) is 5.92 Å². The number of aliphatic carboxylic acids is 1. The van der Waals surface area contributed by atoms with E-state index in [1.165, 1.54) is 11.1 Å². The first-order valence-electron chi connectivity index (χ1n) is 12.5. The number of benzene rings is 2. The van der Waals surface area contributed by atoms with Gasteiger partial charge < -0.3 is 20.5 Å². The summed E-state index contributed by atoms with van der Waals surface area (Å²) in [4.78, 5) is 36.4. The fourth-order valence-corrected chi connectivity index (χ4v) is 5.51. The third kappa shape index (κ3) is 6.21. The van der Waals surface area contributed by atoms with E-state index < -0.39 is 18.1 Å². The predicted molar refractivity (Wildman–Crippen MR) is 133 cm³/mol. The van der Waals surface area contributed by atoms with Crippen molar-refractivity contribution >= 4 is 18.0 Å². The van der Waals surface area contributed by atoms with E-state index in [4.69, 9.17) is 9.84 Å². The number of alkyl carbamates (subject to hydrolysis) is 1. The second-order valence-corrected chi connectivity index (χ2v) is 9.75. The monoisotopic (exact) mass is 478 g/mol. The molecular formula is C28H34N2O5. The van der Waals surface area contributed by atoms with Crippen molar-refractivity contribution in [3.8, 4) is 11.1 Å². The Bertz CT molecular complexity index is 1020. The smallest absolute Gasteiger partial charge is 0.407 e. The molecule has 2 aliphatic carbocycles. The molecule has 0 bridgehead atoms. The quantitative estimate of drug-likeness (QED) is 0.478. The van der Waals surface area contributed by atoms with Crippen LogP contribution in [0.2, 0.25) is 0 Å². The highest BCUT2D eigenvalue weighted by atomic mass is 16.5. The molecule has 2 atom stereocenters. The van der Waals surface area contributed by atoms with Crippen LogP contribution in [0.4, 0.5) is 4.79 Å². The Morgan fingerprint density at radius 1 is 0.914 bits per heavy atom. The van der Waals surface area contributed by atoms with Gasteiger partial charge in [0.15, 0.2) is 0 Å². The number of hydrogen-bond donors (Lipinski definition) is 3. The molecule has 0 aliphatic heterocycles. The topological polar surface area (TPSA) is 105 Å². The van der Waals surface area contributed by atoms with Gasteiger partial charge in [-0.3, -0.25) is 9.59 Å². The van der Waals surface area contributed by atoms with Gasteiger partial charge in [-0.15, -0.1) is 0 Å². The molecule has 1 saturated carbocycles. The highest BCUT2D eigenvalue weighted by Crippen LogP contribution is 2.44. The lowest BCUT2D eigenvalue weighted by atomic mass is 9.82. The number of carboxylic acid groups (broad SMARTS) is 1. The number of nitrogens with one attached hydrogen (secondary N) is 2. The normalized spacial score (nSPS) is 17.1. The van der Waals surface area contributed by atoms with E-state index in [0.29, 0.717) is 0 Å². The van der Waals surface area contributed by atoms with Gasteiger partial charge in [0.05, 0.1) is 6.42 Å². The molecule has 2 aromatic rings. The molecule has 2 aliphatic rings. The Morgan fingerprint density at radius 2 is 1.51 bits per heavy atom. The molecule has 0 spiro atoms. The summed E-state index contributed by atoms with van der Waals surface area (Å²) in [6, 6.07) is 15.6. The molecule has 35 heavy (non-hydrogen) atoms. The number of ether oxygens (including phenoxy) is 1. The van der Waals surface area contributed by atoms with Crippen molar-refractivity contribution in [2.24, 2.45) is 5.92 Å². The molecule has 2 unspecified atom stereocenters. The second kappa shape index (κ2) is 11.4. The van der Waals surface area contributed by atoms with Crippen LogP contribution in [0.3, 0.4) is 0 Å². The molecule has 7 nitrogen and oxygen atoms in total. The van der Waals surface area contributed by atoms with Gasteiger partial charge in [0.2, 0.25) is 5.91 Å². The van der Waals surface area contributed by atoms with Crippen molar-refractivity contribution in [3.05, 3.63) is 59.7 Å². The highest BCUT2D eigenvalue weighted by Gasteiger charge is 2.31. The Morgan fingerprint density at radius 3 is 2.11 bits per heavy atom. The first-order chi connectivity index (χ1) is 16.9. The zero-order valence-corrected chi connectivity index (χ0v) is 20.2. The average molecular weight is 479 g/mol. The lowest BCUT2D eigenvalue weighted by Crippen LogP contribution is -2.46. The molecular weight excluding hydrogens is 444 g/mol. The van der Waals surface area contributed by atoms with E-state index in [1.54, 1.807) is 6.92 Å². The van der Waals surface area contributed by atoms with Crippen LogP contribution in [0.15, 0.2) is 48.5 Å². The lowest BCUT2D eigenvalue weighted by Gasteiger charge is -2.30. The highest BCUT2D eigenvalue weighted by molar-refractivity contribution is 5.80. The standard InChI is InChI=1S/C28H34N2O5/c1-18(15-27(32)33)29-26(31)16-25(19-9-3-2-4-10-19)30-28(34)35-17-24-22-13-7-5-11-20(22)21-12-6-8-14-23(21)24/h5-8,11-14,18-19,24-25H,2-4,9-10,15-17H2,1H3,(H,29,31)(H,30,34)(H,32,33). The number of hydrogen-bond acceptors (Lipinski definition) is 4. The van der Waals surface area contributed by atoms with Crippen LogP contribution in [0.5, 0.6) is 0 Å². The summed E-state index contributed by atoms with van der Waals surface area (Å²) in [6.45, 7) is 1.89. The number of carbonyl (C=O) groups excluding carboxylic acids is 2. The van der Waals surface area contributed by atoms with E-state index >= 15 is 0 Å². The third-order valence-electron chi connectivity index (χ3n) is 7.16. The van der Waals surface area contributed by atoms with Crippen molar-refractivity contribution in [2.45, 2.75) is 69.9 Å². The fraction of sp³-hybridized carbons (Fsp3) is 0.464. The zero-order valence-electron chi connectivity index (χ0n) is 20.2. The minimum atomic E-state index is -0.960. The van der Waals surface area contributed by atoms with Gasteiger partial charge in [0, 0.05) is 24.4 Å². The summed E-state index contributed by atoms with van der Waals surface area (Å²) < 4.78 is 5.72. The first kappa shape index (κ1) is 24.8. The van der Waals surface area contributed by atoms with E-state index in [9.17, 15) is 14.4 Å². The molecule has 7 heteroatoms. The van der Waals surface area contributed by atoms with Gasteiger partial charge in [-0.1, -0.05) is 67.8 Å². The van der Waals surface area contributed by atoms with Crippen molar-refractivity contribution in [2.75, 3.05) is 6.61 Å². The van der Waals surface area contributed by atoms with E-state index in [1.807, 2.05) is 24.3 Å². The first-order valence-corrected chi connectivity index (χ1v) is 12.5. The van der Waals surface area contributed by atoms with Gasteiger partial charge in [-0.2, -0.15) is 0 Å². The van der Waals surface area contributed by atoms with E-state index in [0.717, 1.165) is 43.2 Å². The lowest BCUT2D eigenvalue weighted by molar-refractivity contribution is -0.137. The van der Waals surface area contributed by atoms with Crippen LogP contribution in [-0.2, 0) is 14.3 Å². The molecule has 4 rings (SSSR count). The van der Waals surface area contributed by atoms with Crippen molar-refractivity contribution < 1.29 is 24.2 Å². The maximum absolute atomic E-state index is 12.9. The van der Waals surface area contributed by atoms with Crippen molar-refractivity contribution in [1.29, 1.82) is 0 Å². The van der Waals surface area contributed by atoms with Crippen molar-refractivity contribution in [1.82, 2.24) is 10.6 Å². The van der Waals surface area contributed by atoms with Gasteiger partial charge in [-0.25, -0.2) is 4.79 Å². The number of carboxylic acids is 1. The Hall–Kier alpha value is -3.35. The van der Waals surface area contributed by atoms with Gasteiger partial charge in [-0.05, 0) is 47.9 Å². The SMILES string of the molecule is CC(CC(=O)O)NC(=O)CC(NC(=O)OCC1c2ccccc2-c2ccccc21)C1CCCCC1. The number of amides is 2.